The summed E-state index contributed by atoms with van der Waals surface area (Å²) in [7, 11) is 0. The molecule has 0 N–H and O–H groups in total. The highest BCUT2D eigenvalue weighted by Crippen LogP contribution is 2.27. The molecule has 12 heavy (non-hydrogen) atoms. The summed E-state index contributed by atoms with van der Waals surface area (Å²) in [5.41, 5.74) is 8.71. The molecule has 0 atom stereocenters. The third-order valence-corrected chi connectivity index (χ3v) is 1.70. The van der Waals surface area contributed by atoms with Crippen molar-refractivity contribution in [1.29, 1.82) is 0 Å². The molecule has 0 aliphatic heterocycles. The molecule has 0 saturated carbocycles. The van der Waals surface area contributed by atoms with Crippen molar-refractivity contribution in [1.82, 2.24) is 0 Å². The molecule has 60 valence electrons. The van der Waals surface area contributed by atoms with Gasteiger partial charge in [-0.05, 0) is 5.53 Å². The van der Waals surface area contributed by atoms with Crippen LogP contribution in [0.25, 0.3) is 10.4 Å². The molecule has 1 rings (SSSR count). The van der Waals surface area contributed by atoms with Crippen molar-refractivity contribution in [3.63, 3.8) is 0 Å². The van der Waals surface area contributed by atoms with Crippen molar-refractivity contribution < 1.29 is 4.79 Å². The first-order valence-electron chi connectivity index (χ1n) is 3.08. The highest BCUT2D eigenvalue weighted by molar-refractivity contribution is 6.35. The zero-order valence-corrected chi connectivity index (χ0v) is 6.69. The van der Waals surface area contributed by atoms with Crippen LogP contribution in [0.5, 0.6) is 0 Å². The lowest BCUT2D eigenvalue weighted by molar-refractivity contribution is 0.112. The third kappa shape index (κ3) is 1.56. The molecule has 5 heteroatoms. The number of aldehydes is 1. The van der Waals surface area contributed by atoms with Gasteiger partial charge in [0.1, 0.15) is 0 Å². The molecule has 4 nitrogen and oxygen atoms in total. The number of carbonyl (C=O) groups excluding carboxylic acids is 1. The topological polar surface area (TPSA) is 65.8 Å². The number of carbonyl (C=O) groups is 1. The molecular weight excluding hydrogens is 178 g/mol. The second kappa shape index (κ2) is 3.76. The first-order valence-corrected chi connectivity index (χ1v) is 3.46. The molecule has 0 aliphatic rings. The number of nitrogens with zero attached hydrogens (tertiary/aromatic N) is 3. The Kier molecular flexibility index (Phi) is 2.69. The minimum Gasteiger partial charge on any atom is -0.298 e. The van der Waals surface area contributed by atoms with Crippen LogP contribution in [0.15, 0.2) is 23.3 Å². The Labute approximate surface area is 73.4 Å². The molecular formula is C7H4ClN3O. The van der Waals surface area contributed by atoms with E-state index in [4.69, 9.17) is 17.1 Å². The molecule has 0 bridgehead atoms. The highest BCUT2D eigenvalue weighted by atomic mass is 35.5. The largest absolute Gasteiger partial charge is 0.298 e. The summed E-state index contributed by atoms with van der Waals surface area (Å²) in [4.78, 5) is 12.9. The highest BCUT2D eigenvalue weighted by Gasteiger charge is 2.01. The maximum absolute atomic E-state index is 10.4. The zero-order valence-electron chi connectivity index (χ0n) is 5.94. The number of benzene rings is 1. The van der Waals surface area contributed by atoms with Gasteiger partial charge < -0.3 is 0 Å². The number of hydrogen-bond donors (Lipinski definition) is 0. The van der Waals surface area contributed by atoms with E-state index < -0.39 is 0 Å². The van der Waals surface area contributed by atoms with E-state index >= 15 is 0 Å². The van der Waals surface area contributed by atoms with Crippen LogP contribution in [0.1, 0.15) is 10.4 Å². The summed E-state index contributed by atoms with van der Waals surface area (Å²) in [6.07, 6.45) is 0.610. The lowest BCUT2D eigenvalue weighted by Gasteiger charge is -1.97. The van der Waals surface area contributed by atoms with E-state index in [2.05, 4.69) is 10.0 Å². The summed E-state index contributed by atoms with van der Waals surface area (Å²) >= 11 is 5.69. The lowest BCUT2D eigenvalue weighted by atomic mass is 10.2. The summed E-state index contributed by atoms with van der Waals surface area (Å²) < 4.78 is 0. The van der Waals surface area contributed by atoms with Crippen molar-refractivity contribution in [2.24, 2.45) is 5.11 Å². The average Bonchev–Trinajstić information content (AvgIpc) is 2.09. The molecule has 1 aromatic carbocycles. The summed E-state index contributed by atoms with van der Waals surface area (Å²) in [5, 5.41) is 3.49. The summed E-state index contributed by atoms with van der Waals surface area (Å²) in [6, 6.07) is 4.68. The van der Waals surface area contributed by atoms with Crippen molar-refractivity contribution in [3.05, 3.63) is 39.2 Å². The first kappa shape index (κ1) is 8.59. The molecule has 0 radical (unpaired) electrons. The van der Waals surface area contributed by atoms with Gasteiger partial charge in [-0.2, -0.15) is 0 Å². The normalized spacial score (nSPS) is 8.75. The monoisotopic (exact) mass is 181 g/mol. The van der Waals surface area contributed by atoms with Gasteiger partial charge in [0, 0.05) is 10.5 Å². The number of hydrogen-bond acceptors (Lipinski definition) is 2. The van der Waals surface area contributed by atoms with E-state index in [-0.39, 0.29) is 10.7 Å². The minimum absolute atomic E-state index is 0.185. The molecule has 0 saturated heterocycles. The van der Waals surface area contributed by atoms with Gasteiger partial charge in [-0.3, -0.25) is 4.79 Å². The summed E-state index contributed by atoms with van der Waals surface area (Å²) in [5.74, 6) is 0. The maximum Gasteiger partial charge on any atom is 0.151 e. The van der Waals surface area contributed by atoms with Gasteiger partial charge in [0.25, 0.3) is 0 Å². The number of rotatable bonds is 2. The third-order valence-electron chi connectivity index (χ3n) is 1.29. The van der Waals surface area contributed by atoms with Gasteiger partial charge in [-0.1, -0.05) is 34.9 Å². The molecule has 0 unspecified atom stereocenters. The average molecular weight is 182 g/mol. The van der Waals surface area contributed by atoms with Crippen LogP contribution in [0.3, 0.4) is 0 Å². The zero-order chi connectivity index (χ0) is 8.97. The van der Waals surface area contributed by atoms with Crippen LogP contribution in [0, 0.1) is 0 Å². The van der Waals surface area contributed by atoms with Gasteiger partial charge in [0.15, 0.2) is 6.29 Å². The predicted molar refractivity (Wildman–Crippen MR) is 45.6 cm³/mol. The van der Waals surface area contributed by atoms with Crippen molar-refractivity contribution >= 4 is 23.6 Å². The van der Waals surface area contributed by atoms with Crippen LogP contribution in [0.2, 0.25) is 5.02 Å². The SMILES string of the molecule is [N-]=[N+]=Nc1cccc(C=O)c1Cl. The Morgan fingerprint density at radius 1 is 1.58 bits per heavy atom. The quantitative estimate of drug-likeness (QED) is 0.299. The molecule has 0 heterocycles. The fraction of sp³-hybridized carbons (Fsp3) is 0. The predicted octanol–water partition coefficient (Wildman–Crippen LogP) is 3.09. The standard InChI is InChI=1S/C7H4ClN3O/c8-7-5(4-12)2-1-3-6(7)10-11-9/h1-4H. The number of azide groups is 1. The number of halogens is 1. The van der Waals surface area contributed by atoms with Crippen LogP contribution in [-0.2, 0) is 0 Å². The van der Waals surface area contributed by atoms with Crippen LogP contribution in [0.4, 0.5) is 5.69 Å². The van der Waals surface area contributed by atoms with Crippen molar-refractivity contribution in [2.75, 3.05) is 0 Å². The fourth-order valence-electron chi connectivity index (χ4n) is 0.754. The molecule has 0 amide bonds. The van der Waals surface area contributed by atoms with E-state index in [1.54, 1.807) is 12.1 Å². The van der Waals surface area contributed by atoms with E-state index in [9.17, 15) is 4.79 Å². The Bertz CT molecular complexity index is 358. The maximum atomic E-state index is 10.4. The molecule has 0 aliphatic carbocycles. The second-order valence-electron chi connectivity index (χ2n) is 1.99. The van der Waals surface area contributed by atoms with Gasteiger partial charge >= 0.3 is 0 Å². The fourth-order valence-corrected chi connectivity index (χ4v) is 0.962. The van der Waals surface area contributed by atoms with Gasteiger partial charge in [0.05, 0.1) is 10.7 Å². The van der Waals surface area contributed by atoms with E-state index in [0.717, 1.165) is 0 Å². The van der Waals surface area contributed by atoms with Crippen LogP contribution >= 0.6 is 11.6 Å². The Hall–Kier alpha value is -1.51. The molecule has 0 fully saturated rings. The van der Waals surface area contributed by atoms with Crippen LogP contribution in [-0.4, -0.2) is 6.29 Å². The van der Waals surface area contributed by atoms with Gasteiger partial charge in [-0.15, -0.1) is 0 Å². The molecule has 1 aromatic rings. The van der Waals surface area contributed by atoms with E-state index in [1.807, 2.05) is 0 Å². The molecule has 0 aromatic heterocycles. The van der Waals surface area contributed by atoms with Crippen molar-refractivity contribution in [2.45, 2.75) is 0 Å². The molecule has 0 spiro atoms. The van der Waals surface area contributed by atoms with E-state index in [1.165, 1.54) is 6.07 Å². The minimum atomic E-state index is 0.185. The Balaban J connectivity index is 3.31. The first-order chi connectivity index (χ1) is 5.79. The van der Waals surface area contributed by atoms with Crippen LogP contribution < -0.4 is 0 Å². The Morgan fingerprint density at radius 2 is 2.33 bits per heavy atom. The van der Waals surface area contributed by atoms with Gasteiger partial charge in [0.2, 0.25) is 0 Å². The smallest absolute Gasteiger partial charge is 0.151 e. The lowest BCUT2D eigenvalue weighted by Crippen LogP contribution is -1.80. The van der Waals surface area contributed by atoms with E-state index in [0.29, 0.717) is 11.8 Å². The summed E-state index contributed by atoms with van der Waals surface area (Å²) in [6.45, 7) is 0. The second-order valence-corrected chi connectivity index (χ2v) is 2.37. The van der Waals surface area contributed by atoms with Crippen molar-refractivity contribution in [3.8, 4) is 0 Å². The van der Waals surface area contributed by atoms with Gasteiger partial charge in [-0.25, -0.2) is 0 Å². The Morgan fingerprint density at radius 3 is 2.92 bits per heavy atom.